The summed E-state index contributed by atoms with van der Waals surface area (Å²) in [5, 5.41) is 13.1. The molecule has 0 aliphatic heterocycles. The minimum Gasteiger partial charge on any atom is -0.309 e. The van der Waals surface area contributed by atoms with Crippen LogP contribution in [-0.2, 0) is 0 Å². The molecule has 0 saturated heterocycles. The molecule has 0 bridgehead atoms. The van der Waals surface area contributed by atoms with Crippen LogP contribution in [0.4, 0.5) is 0 Å². The van der Waals surface area contributed by atoms with Crippen LogP contribution in [0.1, 0.15) is 0 Å². The van der Waals surface area contributed by atoms with Crippen molar-refractivity contribution in [2.75, 3.05) is 0 Å². The zero-order chi connectivity index (χ0) is 42.2. The number of benzene rings is 10. The molecule has 3 heterocycles. The first-order valence-corrected chi connectivity index (χ1v) is 24.8. The zero-order valence-electron chi connectivity index (χ0n) is 34.9. The van der Waals surface area contributed by atoms with Crippen molar-refractivity contribution in [2.45, 2.75) is 0 Å². The second-order valence-electron chi connectivity index (χ2n) is 16.8. The van der Waals surface area contributed by atoms with Gasteiger partial charge < -0.3 is 9.13 Å². The average molecular weight is 849 g/mol. The van der Waals surface area contributed by atoms with Crippen molar-refractivity contribution >= 4 is 104 Å². The first-order chi connectivity index (χ1) is 31.8. The lowest BCUT2D eigenvalue weighted by Crippen LogP contribution is -2.74. The van der Waals surface area contributed by atoms with Crippen LogP contribution >= 0.6 is 11.3 Å². The summed E-state index contributed by atoms with van der Waals surface area (Å²) in [5.74, 6) is 0. The van der Waals surface area contributed by atoms with E-state index >= 15 is 0 Å². The zero-order valence-corrected chi connectivity index (χ0v) is 36.7. The van der Waals surface area contributed by atoms with Crippen molar-refractivity contribution in [3.05, 3.63) is 243 Å². The molecule has 0 spiro atoms. The molecular weight excluding hydrogens is 809 g/mol. The molecule has 64 heavy (non-hydrogen) atoms. The number of para-hydroxylation sites is 2. The molecule has 3 aromatic heterocycles. The van der Waals surface area contributed by atoms with E-state index < -0.39 is 8.07 Å². The molecule has 300 valence electrons. The third-order valence-electron chi connectivity index (χ3n) is 13.5. The Morgan fingerprint density at radius 3 is 1.50 bits per heavy atom. The molecule has 0 N–H and O–H groups in total. The van der Waals surface area contributed by atoms with Crippen molar-refractivity contribution in [3.8, 4) is 22.5 Å². The van der Waals surface area contributed by atoms with Gasteiger partial charge in [-0.2, -0.15) is 0 Å². The third kappa shape index (κ3) is 5.37. The van der Waals surface area contributed by atoms with Crippen molar-refractivity contribution in [1.82, 2.24) is 9.13 Å². The summed E-state index contributed by atoms with van der Waals surface area (Å²) in [5.41, 5.74) is 9.63. The highest BCUT2D eigenvalue weighted by molar-refractivity contribution is 7.26. The van der Waals surface area contributed by atoms with E-state index in [1.807, 2.05) is 11.3 Å². The molecule has 0 aliphatic carbocycles. The number of nitrogens with zero attached hydrogens (tertiary/aromatic N) is 2. The van der Waals surface area contributed by atoms with E-state index in [1.54, 1.807) is 0 Å². The van der Waals surface area contributed by atoms with Gasteiger partial charge in [-0.05, 0) is 86.5 Å². The minimum absolute atomic E-state index is 1.15. The largest absolute Gasteiger partial charge is 0.309 e. The summed E-state index contributed by atoms with van der Waals surface area (Å²) >= 11 is 1.88. The van der Waals surface area contributed by atoms with Gasteiger partial charge >= 0.3 is 0 Å². The van der Waals surface area contributed by atoms with E-state index in [9.17, 15) is 0 Å². The number of hydrogen-bond acceptors (Lipinski definition) is 1. The number of fused-ring (bicyclic) bond motifs is 10. The smallest absolute Gasteiger partial charge is 0.179 e. The van der Waals surface area contributed by atoms with E-state index in [2.05, 4.69) is 252 Å². The Bertz CT molecular complexity index is 3790. The summed E-state index contributed by atoms with van der Waals surface area (Å²) in [6.07, 6.45) is 0. The van der Waals surface area contributed by atoms with Crippen LogP contribution in [0.15, 0.2) is 243 Å². The third-order valence-corrected chi connectivity index (χ3v) is 19.4. The lowest BCUT2D eigenvalue weighted by atomic mass is 9.95. The highest BCUT2D eigenvalue weighted by Crippen LogP contribution is 2.47. The van der Waals surface area contributed by atoms with Crippen LogP contribution < -0.4 is 20.7 Å². The lowest BCUT2D eigenvalue weighted by Gasteiger charge is -2.34. The van der Waals surface area contributed by atoms with Crippen molar-refractivity contribution in [2.24, 2.45) is 0 Å². The van der Waals surface area contributed by atoms with Gasteiger partial charge in [0.2, 0.25) is 0 Å². The standard InChI is InChI=1S/C60H40N2SSi/c1-5-20-41(21-6-1)62-53-35-18-32-47(48-33-19-37-56-58(48)50-31-14-16-36-55(50)63-56)57(53)51-38-39-54-59(60(51)62)49-30-13-15-34-52(49)61(54)42-22-17-29-46(40-42)64(43-23-7-2-8-24-43,44-25-9-3-10-26-44)45-27-11-4-12-28-45/h1-40H. The number of hydrogen-bond donors (Lipinski definition) is 0. The molecule has 0 amide bonds. The Morgan fingerprint density at radius 2 is 0.797 bits per heavy atom. The van der Waals surface area contributed by atoms with E-state index in [1.165, 1.54) is 95.7 Å². The highest BCUT2D eigenvalue weighted by atomic mass is 32.1. The molecule has 13 aromatic rings. The fourth-order valence-electron chi connectivity index (χ4n) is 10.9. The van der Waals surface area contributed by atoms with Gasteiger partial charge in [-0.3, -0.25) is 0 Å². The number of aromatic nitrogens is 2. The van der Waals surface area contributed by atoms with Gasteiger partial charge in [0, 0.05) is 53.1 Å². The van der Waals surface area contributed by atoms with Gasteiger partial charge in [0.25, 0.3) is 0 Å². The van der Waals surface area contributed by atoms with Crippen LogP contribution in [0.2, 0.25) is 0 Å². The van der Waals surface area contributed by atoms with Gasteiger partial charge in [0.1, 0.15) is 0 Å². The second kappa shape index (κ2) is 14.7. The molecular formula is C60H40N2SSi. The molecule has 0 unspecified atom stereocenters. The van der Waals surface area contributed by atoms with E-state index in [0.717, 1.165) is 11.4 Å². The quantitative estimate of drug-likeness (QED) is 0.112. The van der Waals surface area contributed by atoms with Crippen LogP contribution in [0, 0.1) is 0 Å². The normalized spacial score (nSPS) is 12.1. The Labute approximate surface area is 376 Å². The van der Waals surface area contributed by atoms with Crippen molar-refractivity contribution in [1.29, 1.82) is 0 Å². The lowest BCUT2D eigenvalue weighted by molar-refractivity contribution is 1.18. The molecule has 0 fully saturated rings. The van der Waals surface area contributed by atoms with Gasteiger partial charge in [-0.15, -0.1) is 11.3 Å². The van der Waals surface area contributed by atoms with E-state index in [0.29, 0.717) is 0 Å². The Hall–Kier alpha value is -7.76. The van der Waals surface area contributed by atoms with Crippen LogP contribution in [0.5, 0.6) is 0 Å². The molecule has 2 nitrogen and oxygen atoms in total. The molecule has 0 aliphatic rings. The van der Waals surface area contributed by atoms with E-state index in [-0.39, 0.29) is 0 Å². The van der Waals surface area contributed by atoms with Crippen LogP contribution in [0.25, 0.3) is 86.3 Å². The molecule has 10 aromatic carbocycles. The van der Waals surface area contributed by atoms with E-state index in [4.69, 9.17) is 0 Å². The first kappa shape index (κ1) is 36.9. The second-order valence-corrected chi connectivity index (χ2v) is 21.6. The van der Waals surface area contributed by atoms with Crippen LogP contribution in [-0.4, -0.2) is 17.2 Å². The highest BCUT2D eigenvalue weighted by Gasteiger charge is 2.41. The maximum absolute atomic E-state index is 2.79. The SMILES string of the molecule is c1ccc(-n2c3cccc(-c4cccc5sc6ccccc6c45)c3c3ccc4c(c5ccccc5n4-c4cccc([Si](c5ccccc5)(c5ccccc5)c5ccccc5)c4)c32)cc1. The van der Waals surface area contributed by atoms with Gasteiger partial charge in [-0.1, -0.05) is 188 Å². The average Bonchev–Trinajstić information content (AvgIpc) is 4.04. The summed E-state index contributed by atoms with van der Waals surface area (Å²) in [6, 6.07) is 90.4. The van der Waals surface area contributed by atoms with Crippen LogP contribution in [0.3, 0.4) is 0 Å². The fraction of sp³-hybridized carbons (Fsp3) is 0. The Kier molecular flexibility index (Phi) is 8.45. The summed E-state index contributed by atoms with van der Waals surface area (Å²) in [7, 11) is -2.79. The predicted molar refractivity (Wildman–Crippen MR) is 277 cm³/mol. The first-order valence-electron chi connectivity index (χ1n) is 22.0. The maximum Gasteiger partial charge on any atom is 0.179 e. The molecule has 0 atom stereocenters. The van der Waals surface area contributed by atoms with Crippen molar-refractivity contribution < 1.29 is 0 Å². The van der Waals surface area contributed by atoms with Gasteiger partial charge in [-0.25, -0.2) is 0 Å². The topological polar surface area (TPSA) is 9.86 Å². The summed E-state index contributed by atoms with van der Waals surface area (Å²) in [6.45, 7) is 0. The molecule has 0 radical (unpaired) electrons. The number of rotatable bonds is 7. The summed E-state index contributed by atoms with van der Waals surface area (Å²) < 4.78 is 7.67. The monoisotopic (exact) mass is 848 g/mol. The van der Waals surface area contributed by atoms with Crippen molar-refractivity contribution in [3.63, 3.8) is 0 Å². The molecule has 4 heteroatoms. The van der Waals surface area contributed by atoms with Gasteiger partial charge in [0.15, 0.2) is 8.07 Å². The van der Waals surface area contributed by atoms with Gasteiger partial charge in [0.05, 0.1) is 22.1 Å². The Morgan fingerprint density at radius 1 is 0.297 bits per heavy atom. The molecule has 13 rings (SSSR count). The Balaban J connectivity index is 1.13. The maximum atomic E-state index is 2.52. The summed E-state index contributed by atoms with van der Waals surface area (Å²) in [4.78, 5) is 0. The number of thiophene rings is 1. The fourth-order valence-corrected chi connectivity index (χ4v) is 16.8. The molecule has 0 saturated carbocycles. The minimum atomic E-state index is -2.79. The predicted octanol–water partition coefficient (Wildman–Crippen LogP) is 13.3.